The van der Waals surface area contributed by atoms with Crippen LogP contribution in [0.25, 0.3) is 0 Å². The second-order valence-corrected chi connectivity index (χ2v) is 11.4. The van der Waals surface area contributed by atoms with Crippen molar-refractivity contribution < 1.29 is 9.90 Å². The van der Waals surface area contributed by atoms with Gasteiger partial charge >= 0.3 is 0 Å². The molecule has 4 rings (SSSR count). The van der Waals surface area contributed by atoms with E-state index in [9.17, 15) is 9.90 Å². The summed E-state index contributed by atoms with van der Waals surface area (Å²) in [6.45, 7) is 11.5. The van der Waals surface area contributed by atoms with Crippen LogP contribution in [0.4, 0.5) is 0 Å². The summed E-state index contributed by atoms with van der Waals surface area (Å²) in [6, 6.07) is 0.427. The fraction of sp³-hybridized carbons (Fsp3) is 0.957. The monoisotopic (exact) mass is 361 g/mol. The molecular formula is C23H39NO2. The molecule has 1 heterocycles. The molecule has 0 bridgehead atoms. The number of amides is 1. The van der Waals surface area contributed by atoms with Crippen LogP contribution in [0.5, 0.6) is 0 Å². The smallest absolute Gasteiger partial charge is 0.222 e. The van der Waals surface area contributed by atoms with Crippen molar-refractivity contribution in [2.45, 2.75) is 91.2 Å². The number of rotatable bonds is 1. The van der Waals surface area contributed by atoms with Gasteiger partial charge in [-0.05, 0) is 92.8 Å². The van der Waals surface area contributed by atoms with Crippen LogP contribution in [-0.2, 0) is 4.79 Å². The average Bonchev–Trinajstić information content (AvgIpc) is 2.91. The number of aliphatic hydroxyl groups is 1. The highest BCUT2D eigenvalue weighted by atomic mass is 16.3. The molecule has 1 aliphatic heterocycles. The molecule has 1 unspecified atom stereocenters. The summed E-state index contributed by atoms with van der Waals surface area (Å²) in [6.07, 6.45) is 7.97. The zero-order chi connectivity index (χ0) is 19.1. The number of carbonyl (C=O) groups is 1. The van der Waals surface area contributed by atoms with Gasteiger partial charge < -0.3 is 10.0 Å². The van der Waals surface area contributed by atoms with Crippen molar-refractivity contribution >= 4 is 5.91 Å². The summed E-state index contributed by atoms with van der Waals surface area (Å²) < 4.78 is 0. The van der Waals surface area contributed by atoms with E-state index < -0.39 is 5.60 Å². The van der Waals surface area contributed by atoms with E-state index in [1.54, 1.807) is 0 Å². The molecule has 0 aromatic heterocycles. The van der Waals surface area contributed by atoms with Crippen LogP contribution in [0.3, 0.4) is 0 Å². The Bertz CT molecular complexity index is 596. The van der Waals surface area contributed by atoms with Gasteiger partial charge in [-0.15, -0.1) is 0 Å². The number of likely N-dealkylation sites (tertiary alicyclic amines) is 1. The maximum atomic E-state index is 12.3. The van der Waals surface area contributed by atoms with Gasteiger partial charge in [-0.3, -0.25) is 4.79 Å². The van der Waals surface area contributed by atoms with Gasteiger partial charge in [0, 0.05) is 19.5 Å². The first kappa shape index (κ1) is 18.8. The number of piperidine rings is 1. The molecule has 1 saturated heterocycles. The van der Waals surface area contributed by atoms with Gasteiger partial charge in [0.05, 0.1) is 5.60 Å². The van der Waals surface area contributed by atoms with Crippen molar-refractivity contribution in [2.24, 2.45) is 40.4 Å². The summed E-state index contributed by atoms with van der Waals surface area (Å²) in [5.41, 5.74) is -0.000594. The molecule has 0 radical (unpaired) electrons. The average molecular weight is 362 g/mol. The van der Waals surface area contributed by atoms with Crippen LogP contribution in [-0.4, -0.2) is 34.6 Å². The molecule has 3 aliphatic carbocycles. The van der Waals surface area contributed by atoms with E-state index in [0.29, 0.717) is 23.8 Å². The normalized spacial score (nSPS) is 51.7. The Morgan fingerprint density at radius 2 is 1.73 bits per heavy atom. The van der Waals surface area contributed by atoms with Gasteiger partial charge in [0.1, 0.15) is 0 Å². The van der Waals surface area contributed by atoms with E-state index >= 15 is 0 Å². The Labute approximate surface area is 159 Å². The van der Waals surface area contributed by atoms with Crippen molar-refractivity contribution in [3.63, 3.8) is 0 Å². The first-order chi connectivity index (χ1) is 12.0. The molecule has 0 aromatic carbocycles. The minimum atomic E-state index is -0.571. The molecule has 3 saturated carbocycles. The molecular weight excluding hydrogens is 322 g/mol. The van der Waals surface area contributed by atoms with Gasteiger partial charge in [-0.2, -0.15) is 0 Å². The van der Waals surface area contributed by atoms with Gasteiger partial charge in [-0.1, -0.05) is 20.8 Å². The largest absolute Gasteiger partial charge is 0.390 e. The molecule has 8 atom stereocenters. The minimum absolute atomic E-state index is 0.285. The van der Waals surface area contributed by atoms with E-state index in [2.05, 4.69) is 25.7 Å². The highest BCUT2D eigenvalue weighted by Gasteiger charge is 2.64. The highest BCUT2D eigenvalue weighted by molar-refractivity contribution is 5.77. The number of nitrogens with zero attached hydrogens (tertiary/aromatic N) is 1. The van der Waals surface area contributed by atoms with Crippen LogP contribution in [0.2, 0.25) is 0 Å². The Morgan fingerprint density at radius 1 is 1.08 bits per heavy atom. The SMILES string of the molecule is C[C@H]1CC2N(C)C(=O)CC[C@]2(C)[C@H]2CC[C@]3(C)[C@@H](C(C)(C)O)CC[C@H]3[C@H]12. The lowest BCUT2D eigenvalue weighted by atomic mass is 9.44. The molecule has 148 valence electrons. The van der Waals surface area contributed by atoms with E-state index in [1.807, 2.05) is 20.9 Å². The summed E-state index contributed by atoms with van der Waals surface area (Å²) in [4.78, 5) is 14.4. The summed E-state index contributed by atoms with van der Waals surface area (Å²) in [7, 11) is 2.05. The summed E-state index contributed by atoms with van der Waals surface area (Å²) >= 11 is 0. The molecule has 26 heavy (non-hydrogen) atoms. The first-order valence-electron chi connectivity index (χ1n) is 11.0. The molecule has 0 spiro atoms. The lowest BCUT2D eigenvalue weighted by Gasteiger charge is -2.64. The Morgan fingerprint density at radius 3 is 2.38 bits per heavy atom. The lowest BCUT2D eigenvalue weighted by Crippen LogP contribution is -2.63. The predicted molar refractivity (Wildman–Crippen MR) is 105 cm³/mol. The summed E-state index contributed by atoms with van der Waals surface area (Å²) in [5.74, 6) is 3.70. The maximum absolute atomic E-state index is 12.3. The van der Waals surface area contributed by atoms with Crippen LogP contribution in [0.15, 0.2) is 0 Å². The number of hydrogen-bond donors (Lipinski definition) is 1. The topological polar surface area (TPSA) is 40.5 Å². The fourth-order valence-electron chi connectivity index (χ4n) is 8.62. The van der Waals surface area contributed by atoms with Gasteiger partial charge in [0.15, 0.2) is 0 Å². The standard InChI is InChI=1S/C23H39NO2/c1-14-13-18-23(5,12-10-19(25)24(18)6)16-9-11-22(4)15(20(14)16)7-8-17(22)21(2,3)26/h14-18,20,26H,7-13H2,1-6H3/t14-,15-,16-,17+,18?,20-,22-,23+/m0/s1. The van der Waals surface area contributed by atoms with Crippen LogP contribution in [0.1, 0.15) is 79.6 Å². The van der Waals surface area contributed by atoms with Crippen molar-refractivity contribution in [3.8, 4) is 0 Å². The van der Waals surface area contributed by atoms with Gasteiger partial charge in [0.25, 0.3) is 0 Å². The molecule has 4 aliphatic rings. The highest BCUT2D eigenvalue weighted by Crippen LogP contribution is 2.68. The third-order valence-electron chi connectivity index (χ3n) is 9.78. The predicted octanol–water partition coefficient (Wildman–Crippen LogP) is 4.48. The zero-order valence-electron chi connectivity index (χ0n) is 17.7. The minimum Gasteiger partial charge on any atom is -0.390 e. The van der Waals surface area contributed by atoms with E-state index in [1.165, 1.54) is 32.1 Å². The Kier molecular flexibility index (Phi) is 4.13. The lowest BCUT2D eigenvalue weighted by molar-refractivity contribution is -0.171. The Balaban J connectivity index is 1.68. The second-order valence-electron chi connectivity index (χ2n) is 11.4. The van der Waals surface area contributed by atoms with Crippen molar-refractivity contribution in [2.75, 3.05) is 7.05 Å². The van der Waals surface area contributed by atoms with Gasteiger partial charge in [-0.25, -0.2) is 0 Å². The Hall–Kier alpha value is -0.570. The molecule has 3 heteroatoms. The quantitative estimate of drug-likeness (QED) is 0.748. The maximum Gasteiger partial charge on any atom is 0.222 e. The molecule has 0 aromatic rings. The molecule has 3 nitrogen and oxygen atoms in total. The zero-order valence-corrected chi connectivity index (χ0v) is 17.7. The van der Waals surface area contributed by atoms with Crippen molar-refractivity contribution in [1.29, 1.82) is 0 Å². The van der Waals surface area contributed by atoms with Crippen LogP contribution in [0, 0.1) is 40.4 Å². The first-order valence-corrected chi connectivity index (χ1v) is 11.0. The van der Waals surface area contributed by atoms with Crippen LogP contribution >= 0.6 is 0 Å². The number of hydrogen-bond acceptors (Lipinski definition) is 2. The second kappa shape index (κ2) is 5.72. The third kappa shape index (κ3) is 2.38. The third-order valence-corrected chi connectivity index (χ3v) is 9.78. The molecule has 1 amide bonds. The summed E-state index contributed by atoms with van der Waals surface area (Å²) in [5, 5.41) is 10.8. The number of carbonyl (C=O) groups excluding carboxylic acids is 1. The van der Waals surface area contributed by atoms with E-state index in [0.717, 1.165) is 30.6 Å². The van der Waals surface area contributed by atoms with Crippen molar-refractivity contribution in [1.82, 2.24) is 4.90 Å². The van der Waals surface area contributed by atoms with Crippen LogP contribution < -0.4 is 0 Å². The number of fused-ring (bicyclic) bond motifs is 5. The molecule has 4 fully saturated rings. The van der Waals surface area contributed by atoms with Crippen molar-refractivity contribution in [3.05, 3.63) is 0 Å². The molecule has 1 N–H and O–H groups in total. The fourth-order valence-corrected chi connectivity index (χ4v) is 8.62. The van der Waals surface area contributed by atoms with Gasteiger partial charge in [0.2, 0.25) is 5.91 Å². The van der Waals surface area contributed by atoms with E-state index in [-0.39, 0.29) is 10.8 Å². The van der Waals surface area contributed by atoms with E-state index in [4.69, 9.17) is 0 Å².